The highest BCUT2D eigenvalue weighted by molar-refractivity contribution is 14.1. The number of hydrogen-bond acceptors (Lipinski definition) is 2. The molecule has 1 N–H and O–H groups in total. The minimum atomic E-state index is 0.179. The van der Waals surface area contributed by atoms with Crippen LogP contribution in [-0.4, -0.2) is 3.55 Å². The van der Waals surface area contributed by atoms with Gasteiger partial charge in [0.1, 0.15) is 0 Å². The third-order valence-corrected chi connectivity index (χ3v) is 9.78. The Bertz CT molecular complexity index is 1290. The molecule has 1 saturated carbocycles. The Hall–Kier alpha value is -2.53. The number of para-hydroxylation sites is 3. The van der Waals surface area contributed by atoms with Gasteiger partial charge in [0.2, 0.25) is 0 Å². The lowest BCUT2D eigenvalue weighted by Gasteiger charge is -2.40. The largest absolute Gasteiger partial charge is 0.370 e. The van der Waals surface area contributed by atoms with E-state index in [9.17, 15) is 0 Å². The number of hydrogen-bond donors (Lipinski definition) is 1. The molecule has 7 rings (SSSR count). The summed E-state index contributed by atoms with van der Waals surface area (Å²) in [5.74, 6) is 1.72. The third kappa shape index (κ3) is 3.04. The van der Waals surface area contributed by atoms with E-state index in [2.05, 4.69) is 124 Å². The normalized spacial score (nSPS) is 29.2. The Labute approximate surface area is 209 Å². The Morgan fingerprint density at radius 3 is 2.48 bits per heavy atom. The highest BCUT2D eigenvalue weighted by atomic mass is 127. The molecule has 0 aromatic heterocycles. The van der Waals surface area contributed by atoms with Gasteiger partial charge in [0.05, 0.1) is 3.55 Å². The van der Waals surface area contributed by atoms with Crippen molar-refractivity contribution in [2.45, 2.75) is 41.1 Å². The van der Waals surface area contributed by atoms with Gasteiger partial charge in [-0.25, -0.2) is 0 Å². The monoisotopic (exact) mass is 542 g/mol. The first-order chi connectivity index (χ1) is 16.2. The van der Waals surface area contributed by atoms with Crippen molar-refractivity contribution >= 4 is 39.7 Å². The minimum absolute atomic E-state index is 0.179. The van der Waals surface area contributed by atoms with Gasteiger partial charge in [-0.2, -0.15) is 0 Å². The fraction of sp³-hybridized carbons (Fsp3) is 0.267. The van der Waals surface area contributed by atoms with Crippen LogP contribution in [0.2, 0.25) is 0 Å². The van der Waals surface area contributed by atoms with Crippen LogP contribution in [0.25, 0.3) is 0 Å². The van der Waals surface area contributed by atoms with E-state index in [1.54, 1.807) is 5.57 Å². The molecule has 2 aliphatic carbocycles. The van der Waals surface area contributed by atoms with Gasteiger partial charge in [-0.15, -0.1) is 0 Å². The maximum absolute atomic E-state index is 3.86. The van der Waals surface area contributed by atoms with E-state index < -0.39 is 0 Å². The van der Waals surface area contributed by atoms with Crippen LogP contribution in [0.3, 0.4) is 0 Å². The number of nitrogens with zero attached hydrogens (tertiary/aromatic N) is 1. The second-order valence-corrected chi connectivity index (χ2v) is 11.8. The summed E-state index contributed by atoms with van der Waals surface area (Å²) in [6.45, 7) is 0. The molecule has 3 aromatic carbocycles. The zero-order chi connectivity index (χ0) is 22.0. The molecule has 4 atom stereocenters. The van der Waals surface area contributed by atoms with Crippen LogP contribution in [0, 0.1) is 5.92 Å². The SMILES string of the molecule is IC12CCC(C3=CC=C4C(C3)c3ccccc3N4c3ccccc3)CC1c1ccccc1N2. The summed E-state index contributed by atoms with van der Waals surface area (Å²) < 4.78 is 0.179. The summed E-state index contributed by atoms with van der Waals surface area (Å²) in [5, 5.41) is 3.86. The molecule has 0 amide bonds. The maximum Gasteiger partial charge on any atom is 0.0961 e. The number of benzene rings is 3. The summed E-state index contributed by atoms with van der Waals surface area (Å²) in [6, 6.07) is 28.8. The Balaban J connectivity index is 1.23. The predicted octanol–water partition coefficient (Wildman–Crippen LogP) is 8.28. The molecule has 4 unspecified atom stereocenters. The molecule has 1 fully saturated rings. The molecule has 3 aromatic rings. The molecule has 2 heterocycles. The van der Waals surface area contributed by atoms with Crippen molar-refractivity contribution in [2.24, 2.45) is 5.92 Å². The van der Waals surface area contributed by atoms with Crippen molar-refractivity contribution in [3.05, 3.63) is 113 Å². The first-order valence-corrected chi connectivity index (χ1v) is 13.2. The molecule has 2 aliphatic heterocycles. The number of rotatable bonds is 2. The van der Waals surface area contributed by atoms with E-state index >= 15 is 0 Å². The Kier molecular flexibility index (Phi) is 4.52. The van der Waals surface area contributed by atoms with Crippen molar-refractivity contribution in [1.29, 1.82) is 0 Å². The third-order valence-electron chi connectivity index (χ3n) is 8.22. The smallest absolute Gasteiger partial charge is 0.0961 e. The molecular weight excluding hydrogens is 515 g/mol. The minimum Gasteiger partial charge on any atom is -0.370 e. The summed E-state index contributed by atoms with van der Waals surface area (Å²) in [5.41, 5.74) is 10.0. The number of fused-ring (bicyclic) bond motifs is 6. The molecule has 0 spiro atoms. The first kappa shape index (κ1) is 19.9. The molecule has 0 radical (unpaired) electrons. The number of halogens is 1. The van der Waals surface area contributed by atoms with Gasteiger partial charge in [-0.1, -0.05) is 88.8 Å². The van der Waals surface area contributed by atoms with Crippen LogP contribution >= 0.6 is 22.6 Å². The standard InChI is InChI=1S/C30H27IN2/c31-30-17-16-21(19-26(30)24-11-4-6-12-27(24)32-30)20-14-15-29-25(18-20)23-10-5-7-13-28(23)33(29)22-8-2-1-3-9-22/h1-15,21,25-26,32H,16-19H2. The van der Waals surface area contributed by atoms with E-state index in [0.717, 1.165) is 6.42 Å². The van der Waals surface area contributed by atoms with Crippen molar-refractivity contribution in [3.63, 3.8) is 0 Å². The molecule has 164 valence electrons. The van der Waals surface area contributed by atoms with E-state index in [-0.39, 0.29) is 3.55 Å². The highest BCUT2D eigenvalue weighted by Crippen LogP contribution is 2.58. The van der Waals surface area contributed by atoms with E-state index in [1.165, 1.54) is 53.1 Å². The highest BCUT2D eigenvalue weighted by Gasteiger charge is 2.48. The van der Waals surface area contributed by atoms with Crippen LogP contribution < -0.4 is 10.2 Å². The molecular formula is C30H27IN2. The van der Waals surface area contributed by atoms with Crippen LogP contribution in [0.15, 0.2) is 102 Å². The van der Waals surface area contributed by atoms with Gasteiger partial charge < -0.3 is 10.2 Å². The van der Waals surface area contributed by atoms with E-state index in [1.807, 2.05) is 0 Å². The summed E-state index contributed by atoms with van der Waals surface area (Å²) in [6.07, 6.45) is 9.77. The number of nitrogens with one attached hydrogen (secondary N) is 1. The van der Waals surface area contributed by atoms with Gasteiger partial charge in [0, 0.05) is 34.6 Å². The maximum atomic E-state index is 3.86. The van der Waals surface area contributed by atoms with E-state index in [4.69, 9.17) is 0 Å². The van der Waals surface area contributed by atoms with Crippen molar-refractivity contribution in [2.75, 3.05) is 10.2 Å². The van der Waals surface area contributed by atoms with Crippen molar-refractivity contribution in [1.82, 2.24) is 0 Å². The summed E-state index contributed by atoms with van der Waals surface area (Å²) in [7, 11) is 0. The average Bonchev–Trinajstić information content (AvgIpc) is 3.35. The number of allylic oxidation sites excluding steroid dienone is 4. The van der Waals surface area contributed by atoms with Crippen LogP contribution in [0.4, 0.5) is 17.1 Å². The van der Waals surface area contributed by atoms with Crippen molar-refractivity contribution < 1.29 is 0 Å². The lowest BCUT2D eigenvalue weighted by molar-refractivity contribution is 0.327. The second-order valence-electron chi connectivity index (χ2n) is 9.92. The molecule has 2 nitrogen and oxygen atoms in total. The second kappa shape index (κ2) is 7.49. The summed E-state index contributed by atoms with van der Waals surface area (Å²) >= 11 is 2.70. The molecule has 33 heavy (non-hydrogen) atoms. The molecule has 4 aliphatic rings. The van der Waals surface area contributed by atoms with Gasteiger partial charge >= 0.3 is 0 Å². The molecule has 3 heteroatoms. The zero-order valence-corrected chi connectivity index (χ0v) is 20.7. The molecule has 0 bridgehead atoms. The van der Waals surface area contributed by atoms with Gasteiger partial charge in [-0.3, -0.25) is 0 Å². The van der Waals surface area contributed by atoms with Crippen LogP contribution in [0.1, 0.15) is 48.6 Å². The Morgan fingerprint density at radius 1 is 0.848 bits per heavy atom. The number of alkyl halides is 1. The lowest BCUT2D eigenvalue weighted by atomic mass is 9.71. The van der Waals surface area contributed by atoms with Crippen molar-refractivity contribution in [3.8, 4) is 0 Å². The van der Waals surface area contributed by atoms with E-state index in [0.29, 0.717) is 17.8 Å². The van der Waals surface area contributed by atoms with Gasteiger partial charge in [-0.05, 0) is 73.1 Å². The zero-order valence-electron chi connectivity index (χ0n) is 18.5. The number of anilines is 3. The van der Waals surface area contributed by atoms with Gasteiger partial charge in [0.15, 0.2) is 0 Å². The Morgan fingerprint density at radius 2 is 1.61 bits per heavy atom. The predicted molar refractivity (Wildman–Crippen MR) is 145 cm³/mol. The lowest BCUT2D eigenvalue weighted by Crippen LogP contribution is -2.38. The fourth-order valence-electron chi connectivity index (χ4n) is 6.66. The van der Waals surface area contributed by atoms with Gasteiger partial charge in [0.25, 0.3) is 0 Å². The summed E-state index contributed by atoms with van der Waals surface area (Å²) in [4.78, 5) is 2.47. The van der Waals surface area contributed by atoms with Crippen LogP contribution in [-0.2, 0) is 0 Å². The molecule has 0 saturated heterocycles. The average molecular weight is 542 g/mol. The topological polar surface area (TPSA) is 15.3 Å². The quantitative estimate of drug-likeness (QED) is 0.199. The fourth-order valence-corrected chi connectivity index (χ4v) is 7.85. The van der Waals surface area contributed by atoms with Crippen LogP contribution in [0.5, 0.6) is 0 Å². The first-order valence-electron chi connectivity index (χ1n) is 12.1.